The van der Waals surface area contributed by atoms with Gasteiger partial charge in [-0.3, -0.25) is 0 Å². The van der Waals surface area contributed by atoms with Gasteiger partial charge in [0, 0.05) is 0 Å². The number of halogens is 1. The summed E-state index contributed by atoms with van der Waals surface area (Å²) in [5, 5.41) is 0. The maximum Gasteiger partial charge on any atom is -1.00 e. The van der Waals surface area contributed by atoms with Gasteiger partial charge in [0.15, 0.2) is 0 Å². The average Bonchev–Trinajstić information content (AvgIpc) is 2.15. The van der Waals surface area contributed by atoms with Crippen LogP contribution in [0.1, 0.15) is 60.8 Å². The first-order valence-electron chi connectivity index (χ1n) is 7.25. The van der Waals surface area contributed by atoms with Gasteiger partial charge in [-0.2, -0.15) is 0 Å². The SMILES string of the molecule is CC(C)C[CH2][Sn+]([CH2]CC(C)C)[CH2]CC(C)C.[I-]. The van der Waals surface area contributed by atoms with E-state index in [1.165, 1.54) is 19.3 Å². The Morgan fingerprint density at radius 3 is 1.00 bits per heavy atom. The molecule has 0 N–H and O–H groups in total. The second-order valence-electron chi connectivity index (χ2n) is 6.55. The number of hydrogen-bond acceptors (Lipinski definition) is 0. The van der Waals surface area contributed by atoms with E-state index >= 15 is 0 Å². The minimum absolute atomic E-state index is 0. The van der Waals surface area contributed by atoms with E-state index in [2.05, 4.69) is 41.5 Å². The van der Waals surface area contributed by atoms with Crippen molar-refractivity contribution >= 4 is 19.8 Å². The Hall–Kier alpha value is 1.53. The number of hydrogen-bond donors (Lipinski definition) is 0. The Bertz CT molecular complexity index is 126. The molecule has 0 radical (unpaired) electrons. The summed E-state index contributed by atoms with van der Waals surface area (Å²) in [6.07, 6.45) is 4.51. The van der Waals surface area contributed by atoms with Crippen molar-refractivity contribution in [1.82, 2.24) is 0 Å². The van der Waals surface area contributed by atoms with E-state index in [0.717, 1.165) is 17.8 Å². The largest absolute Gasteiger partial charge is 1.00 e. The summed E-state index contributed by atoms with van der Waals surface area (Å²) in [6, 6.07) is 0. The van der Waals surface area contributed by atoms with Gasteiger partial charge < -0.3 is 24.0 Å². The van der Waals surface area contributed by atoms with Gasteiger partial charge in [-0.25, -0.2) is 0 Å². The zero-order valence-corrected chi connectivity index (χ0v) is 17.9. The molecule has 0 aromatic carbocycles. The Morgan fingerprint density at radius 2 is 0.824 bits per heavy atom. The third kappa shape index (κ3) is 15.5. The van der Waals surface area contributed by atoms with E-state index in [0.29, 0.717) is 0 Å². The molecule has 0 aliphatic rings. The summed E-state index contributed by atoms with van der Waals surface area (Å²) >= 11 is -0.982. The van der Waals surface area contributed by atoms with Crippen molar-refractivity contribution in [1.29, 1.82) is 0 Å². The van der Waals surface area contributed by atoms with Crippen LogP contribution in [-0.4, -0.2) is 19.8 Å². The van der Waals surface area contributed by atoms with Gasteiger partial charge in [-0.05, 0) is 0 Å². The Morgan fingerprint density at radius 1 is 0.588 bits per heavy atom. The van der Waals surface area contributed by atoms with Gasteiger partial charge in [0.25, 0.3) is 0 Å². The molecule has 0 bridgehead atoms. The van der Waals surface area contributed by atoms with E-state index in [1.807, 2.05) is 0 Å². The van der Waals surface area contributed by atoms with Gasteiger partial charge in [0.1, 0.15) is 0 Å². The third-order valence-electron chi connectivity index (χ3n) is 3.23. The minimum Gasteiger partial charge on any atom is -1.00 e. The molecule has 0 saturated heterocycles. The van der Waals surface area contributed by atoms with Crippen LogP contribution in [0.2, 0.25) is 13.3 Å². The van der Waals surface area contributed by atoms with E-state index < -0.39 is 19.8 Å². The summed E-state index contributed by atoms with van der Waals surface area (Å²) in [7, 11) is 0. The molecule has 0 spiro atoms. The van der Waals surface area contributed by atoms with Crippen LogP contribution >= 0.6 is 0 Å². The molecule has 0 rings (SSSR count). The molecule has 0 atom stereocenters. The van der Waals surface area contributed by atoms with Crippen molar-refractivity contribution in [2.75, 3.05) is 0 Å². The Labute approximate surface area is 134 Å². The topological polar surface area (TPSA) is 0 Å². The maximum absolute atomic E-state index is 2.38. The average molecular weight is 459 g/mol. The van der Waals surface area contributed by atoms with Crippen molar-refractivity contribution in [3.8, 4) is 0 Å². The predicted octanol–water partition coefficient (Wildman–Crippen LogP) is 2.62. The second kappa shape index (κ2) is 12.6. The van der Waals surface area contributed by atoms with Crippen LogP contribution in [0.15, 0.2) is 0 Å². The Kier molecular flexibility index (Phi) is 15.4. The molecular weight excluding hydrogens is 426 g/mol. The van der Waals surface area contributed by atoms with E-state index in [4.69, 9.17) is 0 Å². The summed E-state index contributed by atoms with van der Waals surface area (Å²) in [5.41, 5.74) is 0. The smallest absolute Gasteiger partial charge is 1.00 e. The first-order chi connectivity index (χ1) is 7.41. The van der Waals surface area contributed by atoms with Crippen molar-refractivity contribution in [2.24, 2.45) is 17.8 Å². The zero-order chi connectivity index (χ0) is 12.6. The summed E-state index contributed by atoms with van der Waals surface area (Å²) in [4.78, 5) is 0. The molecular formula is C15H33ISn. The zero-order valence-electron chi connectivity index (χ0n) is 12.9. The monoisotopic (exact) mass is 460 g/mol. The molecule has 0 nitrogen and oxygen atoms in total. The standard InChI is InChI=1S/3C5H11.HI.Sn/c3*1-4-5(2)3;;/h3*5H,1,4H2,2-3H3;1H;/q;;;;+1/p-1. The first-order valence-corrected chi connectivity index (χ1v) is 13.3. The first kappa shape index (κ1) is 20.8. The van der Waals surface area contributed by atoms with Crippen LogP contribution < -0.4 is 24.0 Å². The summed E-state index contributed by atoms with van der Waals surface area (Å²) in [5.74, 6) is 2.77. The number of rotatable bonds is 9. The van der Waals surface area contributed by atoms with Gasteiger partial charge in [0.05, 0.1) is 0 Å². The fraction of sp³-hybridized carbons (Fsp3) is 1.00. The quantitative estimate of drug-likeness (QED) is 0.368. The molecule has 0 aromatic rings. The molecule has 17 heavy (non-hydrogen) atoms. The molecule has 104 valence electrons. The van der Waals surface area contributed by atoms with Crippen molar-refractivity contribution in [2.45, 2.75) is 74.1 Å². The van der Waals surface area contributed by atoms with Crippen LogP contribution in [0, 0.1) is 17.8 Å². The summed E-state index contributed by atoms with van der Waals surface area (Å²) in [6.45, 7) is 14.3. The molecule has 0 aromatic heterocycles. The van der Waals surface area contributed by atoms with Crippen molar-refractivity contribution in [3.05, 3.63) is 0 Å². The molecule has 0 saturated carbocycles. The van der Waals surface area contributed by atoms with Crippen molar-refractivity contribution < 1.29 is 24.0 Å². The predicted molar refractivity (Wildman–Crippen MR) is 78.5 cm³/mol. The molecule has 2 heteroatoms. The van der Waals surface area contributed by atoms with Crippen LogP contribution in [0.5, 0.6) is 0 Å². The fourth-order valence-corrected chi connectivity index (χ4v) is 12.4. The van der Waals surface area contributed by atoms with Crippen LogP contribution in [-0.2, 0) is 0 Å². The van der Waals surface area contributed by atoms with Crippen LogP contribution in [0.25, 0.3) is 0 Å². The van der Waals surface area contributed by atoms with E-state index in [1.54, 1.807) is 13.3 Å². The second-order valence-corrected chi connectivity index (χ2v) is 15.1. The minimum atomic E-state index is -0.982. The fourth-order valence-electron chi connectivity index (χ4n) is 1.85. The van der Waals surface area contributed by atoms with Gasteiger partial charge in [0.2, 0.25) is 0 Å². The van der Waals surface area contributed by atoms with Crippen LogP contribution in [0.4, 0.5) is 0 Å². The molecule has 0 heterocycles. The third-order valence-corrected chi connectivity index (χ3v) is 11.8. The molecule has 0 unspecified atom stereocenters. The maximum atomic E-state index is 2.38. The van der Waals surface area contributed by atoms with Gasteiger partial charge in [-0.15, -0.1) is 0 Å². The van der Waals surface area contributed by atoms with Gasteiger partial charge in [-0.1, -0.05) is 0 Å². The molecule has 0 amide bonds. The Balaban J connectivity index is 0. The van der Waals surface area contributed by atoms with E-state index in [-0.39, 0.29) is 24.0 Å². The molecule has 0 fully saturated rings. The van der Waals surface area contributed by atoms with Gasteiger partial charge >= 0.3 is 112 Å². The van der Waals surface area contributed by atoms with Crippen molar-refractivity contribution in [3.63, 3.8) is 0 Å². The molecule has 0 aliphatic heterocycles. The summed E-state index contributed by atoms with van der Waals surface area (Å²) < 4.78 is 4.96. The van der Waals surface area contributed by atoms with Crippen LogP contribution in [0.3, 0.4) is 0 Å². The van der Waals surface area contributed by atoms with E-state index in [9.17, 15) is 0 Å². The normalized spacial score (nSPS) is 11.1. The molecule has 0 aliphatic carbocycles.